The number of aryl methyl sites for hydroxylation is 2. The molecule has 1 heterocycles. The van der Waals surface area contributed by atoms with Crippen LogP contribution in [0.4, 0.5) is 0 Å². The van der Waals surface area contributed by atoms with Gasteiger partial charge in [0.05, 0.1) is 11.7 Å². The summed E-state index contributed by atoms with van der Waals surface area (Å²) in [4.78, 5) is 14.8. The Balaban J connectivity index is 2.00. The number of carbonyl (C=O) groups excluding carboxylic acids is 1. The number of fused-ring (bicyclic) bond motifs is 3. The predicted octanol–water partition coefficient (Wildman–Crippen LogP) is 1.70. The van der Waals surface area contributed by atoms with E-state index < -0.39 is 12.6 Å². The molecule has 0 saturated carbocycles. The summed E-state index contributed by atoms with van der Waals surface area (Å²) in [5.41, 5.74) is 3.30. The highest BCUT2D eigenvalue weighted by atomic mass is 32.1. The number of ether oxygens (including phenoxy) is 1. The van der Waals surface area contributed by atoms with Crippen LogP contribution in [0.25, 0.3) is 11.3 Å². The predicted molar refractivity (Wildman–Crippen MR) is 72.8 cm³/mol. The van der Waals surface area contributed by atoms with Gasteiger partial charge in [-0.15, -0.1) is 11.3 Å². The van der Waals surface area contributed by atoms with Gasteiger partial charge in [-0.2, -0.15) is 0 Å². The number of H-pyrrole nitrogens is 1. The smallest absolute Gasteiger partial charge is 0.159 e. The topological polar surface area (TPSA) is 65.2 Å². The third-order valence-corrected chi connectivity index (χ3v) is 4.34. The van der Waals surface area contributed by atoms with E-state index in [1.165, 1.54) is 10.4 Å². The Morgan fingerprint density at radius 1 is 1.47 bits per heavy atom. The lowest BCUT2D eigenvalue weighted by molar-refractivity contribution is -0.307. The summed E-state index contributed by atoms with van der Waals surface area (Å²) >= 11 is 6.77. The van der Waals surface area contributed by atoms with Crippen LogP contribution in [-0.2, 0) is 17.6 Å². The van der Waals surface area contributed by atoms with E-state index >= 15 is 0 Å². The summed E-state index contributed by atoms with van der Waals surface area (Å²) in [5.74, 6) is -0.699. The van der Waals surface area contributed by atoms with Crippen molar-refractivity contribution in [3.63, 3.8) is 0 Å². The maximum absolute atomic E-state index is 10.4. The van der Waals surface area contributed by atoms with Gasteiger partial charge < -0.3 is 19.6 Å². The van der Waals surface area contributed by atoms with E-state index in [1.54, 1.807) is 17.4 Å². The summed E-state index contributed by atoms with van der Waals surface area (Å²) in [6.07, 6.45) is 1.95. The minimum atomic E-state index is -1.23. The molecule has 0 unspecified atom stereocenters. The molecule has 0 fully saturated rings. The number of hydrogen-bond donors (Lipinski definition) is 1. The Morgan fingerprint density at radius 2 is 2.32 bits per heavy atom. The monoisotopic (exact) mass is 292 g/mol. The molecule has 98 valence electrons. The highest BCUT2D eigenvalue weighted by Crippen LogP contribution is 2.37. The van der Waals surface area contributed by atoms with Crippen LogP contribution in [0.5, 0.6) is 5.75 Å². The normalized spacial score (nSPS) is 12.6. The zero-order valence-corrected chi connectivity index (χ0v) is 11.5. The highest BCUT2D eigenvalue weighted by molar-refractivity contribution is 7.73. The number of aromatic nitrogens is 1. The standard InChI is InChI=1S/C13H11NO3S2/c15-11(16)6-17-8-3-1-7-2-4-10-12(9(7)5-8)14-13(18)19-10/h1,3,5H,2,4,6H2,(H,14,18)(H,15,16)/p-1. The fraction of sp³-hybridized carbons (Fsp3) is 0.231. The Bertz CT molecular complexity index is 702. The van der Waals surface area contributed by atoms with E-state index in [1.807, 2.05) is 12.1 Å². The van der Waals surface area contributed by atoms with Crippen molar-refractivity contribution in [1.29, 1.82) is 0 Å². The van der Waals surface area contributed by atoms with Crippen molar-refractivity contribution >= 4 is 29.5 Å². The van der Waals surface area contributed by atoms with Crippen LogP contribution >= 0.6 is 23.6 Å². The van der Waals surface area contributed by atoms with Crippen LogP contribution in [0.3, 0.4) is 0 Å². The van der Waals surface area contributed by atoms with E-state index in [2.05, 4.69) is 4.98 Å². The van der Waals surface area contributed by atoms with E-state index in [0.717, 1.165) is 28.1 Å². The fourth-order valence-corrected chi connectivity index (χ4v) is 3.49. The molecular formula is C13H10NO3S2-. The van der Waals surface area contributed by atoms with Crippen LogP contribution in [0.2, 0.25) is 0 Å². The third-order valence-electron chi connectivity index (χ3n) is 3.05. The van der Waals surface area contributed by atoms with Gasteiger partial charge >= 0.3 is 0 Å². The molecule has 0 aliphatic heterocycles. The molecule has 0 atom stereocenters. The van der Waals surface area contributed by atoms with Crippen LogP contribution in [0, 0.1) is 3.95 Å². The average molecular weight is 292 g/mol. The second-order valence-corrected chi connectivity index (χ2v) is 6.06. The van der Waals surface area contributed by atoms with Crippen LogP contribution < -0.4 is 9.84 Å². The van der Waals surface area contributed by atoms with Gasteiger partial charge in [-0.3, -0.25) is 0 Å². The highest BCUT2D eigenvalue weighted by Gasteiger charge is 2.19. The summed E-state index contributed by atoms with van der Waals surface area (Å²) in [6, 6.07) is 5.61. The van der Waals surface area contributed by atoms with Gasteiger partial charge in [-0.25, -0.2) is 0 Å². The van der Waals surface area contributed by atoms with Gasteiger partial charge in [0.15, 0.2) is 3.95 Å². The van der Waals surface area contributed by atoms with Gasteiger partial charge in [0.25, 0.3) is 0 Å². The van der Waals surface area contributed by atoms with Crippen LogP contribution in [0.1, 0.15) is 10.4 Å². The molecule has 0 radical (unpaired) electrons. The molecule has 3 rings (SSSR count). The molecule has 0 spiro atoms. The summed E-state index contributed by atoms with van der Waals surface area (Å²) < 4.78 is 5.92. The molecule has 1 aromatic carbocycles. The first kappa shape index (κ1) is 12.4. The van der Waals surface area contributed by atoms with Gasteiger partial charge in [-0.05, 0) is 42.8 Å². The number of thiazole rings is 1. The van der Waals surface area contributed by atoms with E-state index in [-0.39, 0.29) is 0 Å². The number of carboxylic acids is 1. The molecule has 19 heavy (non-hydrogen) atoms. The quantitative estimate of drug-likeness (QED) is 0.875. The van der Waals surface area contributed by atoms with Gasteiger partial charge in [0.1, 0.15) is 12.4 Å². The third kappa shape index (κ3) is 2.41. The number of aromatic amines is 1. The second kappa shape index (κ2) is 4.79. The maximum Gasteiger partial charge on any atom is 0.159 e. The summed E-state index contributed by atoms with van der Waals surface area (Å²) in [6.45, 7) is -0.439. The number of rotatable bonds is 3. The fourth-order valence-electron chi connectivity index (χ4n) is 2.24. The number of hydrogen-bond acceptors (Lipinski definition) is 5. The Labute approximate surface area is 118 Å². The number of carbonyl (C=O) groups is 1. The first-order valence-electron chi connectivity index (χ1n) is 5.81. The lowest BCUT2D eigenvalue weighted by atomic mass is 9.93. The summed E-state index contributed by atoms with van der Waals surface area (Å²) in [7, 11) is 0. The molecule has 6 heteroatoms. The number of benzene rings is 1. The van der Waals surface area contributed by atoms with E-state index in [0.29, 0.717) is 5.75 Å². The zero-order chi connectivity index (χ0) is 13.4. The lowest BCUT2D eigenvalue weighted by Gasteiger charge is -2.17. The molecule has 4 nitrogen and oxygen atoms in total. The molecule has 1 aliphatic rings. The van der Waals surface area contributed by atoms with Crippen molar-refractivity contribution in [2.75, 3.05) is 6.61 Å². The van der Waals surface area contributed by atoms with Crippen molar-refractivity contribution in [1.82, 2.24) is 4.98 Å². The maximum atomic E-state index is 10.4. The van der Waals surface area contributed by atoms with Crippen molar-refractivity contribution in [2.24, 2.45) is 0 Å². The van der Waals surface area contributed by atoms with Crippen LogP contribution in [0.15, 0.2) is 18.2 Å². The van der Waals surface area contributed by atoms with Gasteiger partial charge in [0.2, 0.25) is 0 Å². The molecular weight excluding hydrogens is 282 g/mol. The average Bonchev–Trinajstić information content (AvgIpc) is 2.77. The molecule has 0 amide bonds. The number of aliphatic carboxylic acids is 1. The van der Waals surface area contributed by atoms with E-state index in [9.17, 15) is 9.90 Å². The first-order valence-corrected chi connectivity index (χ1v) is 7.04. The largest absolute Gasteiger partial charge is 0.546 e. The molecule has 0 saturated heterocycles. The van der Waals surface area contributed by atoms with Crippen molar-refractivity contribution in [3.05, 3.63) is 32.6 Å². The Hall–Kier alpha value is -1.66. The zero-order valence-electron chi connectivity index (χ0n) is 9.89. The molecule has 1 N–H and O–H groups in total. The minimum absolute atomic E-state index is 0.439. The van der Waals surface area contributed by atoms with Crippen LogP contribution in [-0.4, -0.2) is 17.6 Å². The molecule has 1 aromatic heterocycles. The first-order chi connectivity index (χ1) is 9.13. The molecule has 2 aromatic rings. The van der Waals surface area contributed by atoms with E-state index in [4.69, 9.17) is 17.0 Å². The minimum Gasteiger partial charge on any atom is -0.546 e. The van der Waals surface area contributed by atoms with Crippen molar-refractivity contribution in [2.45, 2.75) is 12.8 Å². The van der Waals surface area contributed by atoms with Crippen molar-refractivity contribution < 1.29 is 14.6 Å². The van der Waals surface area contributed by atoms with Gasteiger partial charge in [0, 0.05) is 10.4 Å². The Morgan fingerprint density at radius 3 is 3.11 bits per heavy atom. The lowest BCUT2D eigenvalue weighted by Crippen LogP contribution is -2.28. The molecule has 0 bridgehead atoms. The SMILES string of the molecule is O=C([O-])COc1ccc2c(c1)-c1[nH]c(=S)sc1CC2. The number of carboxylic acid groups (broad SMARTS) is 1. The number of nitrogens with one attached hydrogen (secondary N) is 1. The summed E-state index contributed by atoms with van der Waals surface area (Å²) in [5, 5.41) is 10.4. The van der Waals surface area contributed by atoms with Crippen molar-refractivity contribution in [3.8, 4) is 17.0 Å². The second-order valence-electron chi connectivity index (χ2n) is 4.29. The molecule has 1 aliphatic carbocycles. The van der Waals surface area contributed by atoms with Gasteiger partial charge in [-0.1, -0.05) is 6.07 Å². The Kier molecular flexibility index (Phi) is 3.12.